The fourth-order valence-corrected chi connectivity index (χ4v) is 3.14. The van der Waals surface area contributed by atoms with Gasteiger partial charge in [0.2, 0.25) is 0 Å². The average molecular weight is 323 g/mol. The van der Waals surface area contributed by atoms with E-state index in [4.69, 9.17) is 16.3 Å². The molecule has 4 nitrogen and oxygen atoms in total. The smallest absolute Gasteiger partial charge is 0.265 e. The van der Waals surface area contributed by atoms with Crippen LogP contribution in [0.4, 0.5) is 11.4 Å². The van der Waals surface area contributed by atoms with Gasteiger partial charge in [0, 0.05) is 24.5 Å². The van der Waals surface area contributed by atoms with Gasteiger partial charge in [-0.05, 0) is 36.4 Å². The molecule has 0 bridgehead atoms. The summed E-state index contributed by atoms with van der Waals surface area (Å²) in [7, 11) is 0. The molecule has 110 valence electrons. The van der Waals surface area contributed by atoms with Crippen molar-refractivity contribution in [1.29, 1.82) is 0 Å². The van der Waals surface area contributed by atoms with Crippen molar-refractivity contribution in [2.45, 2.75) is 0 Å². The van der Waals surface area contributed by atoms with Gasteiger partial charge in [0.05, 0.1) is 22.4 Å². The number of ether oxygens (including phenoxy) is 1. The van der Waals surface area contributed by atoms with Gasteiger partial charge in [-0.1, -0.05) is 11.6 Å². The molecular formula is C15H15ClN2O2S. The van der Waals surface area contributed by atoms with Crippen molar-refractivity contribution in [3.05, 3.63) is 45.6 Å². The molecule has 1 saturated heterocycles. The highest BCUT2D eigenvalue weighted by Crippen LogP contribution is 2.23. The number of morpholine rings is 1. The molecule has 0 aliphatic carbocycles. The lowest BCUT2D eigenvalue weighted by atomic mass is 10.2. The number of nitrogens with one attached hydrogen (secondary N) is 1. The Balaban J connectivity index is 1.65. The molecule has 0 unspecified atom stereocenters. The van der Waals surface area contributed by atoms with Gasteiger partial charge >= 0.3 is 0 Å². The number of hydrogen-bond donors (Lipinski definition) is 1. The number of hydrogen-bond acceptors (Lipinski definition) is 4. The van der Waals surface area contributed by atoms with Gasteiger partial charge in [-0.2, -0.15) is 0 Å². The van der Waals surface area contributed by atoms with Crippen molar-refractivity contribution in [3.8, 4) is 0 Å². The first-order valence-electron chi connectivity index (χ1n) is 6.72. The molecule has 0 radical (unpaired) electrons. The zero-order valence-electron chi connectivity index (χ0n) is 11.3. The van der Waals surface area contributed by atoms with E-state index in [0.29, 0.717) is 9.21 Å². The number of anilines is 2. The van der Waals surface area contributed by atoms with Crippen LogP contribution in [0.3, 0.4) is 0 Å². The lowest BCUT2D eigenvalue weighted by Crippen LogP contribution is -2.36. The maximum atomic E-state index is 12.0. The van der Waals surface area contributed by atoms with Crippen molar-refractivity contribution in [1.82, 2.24) is 0 Å². The van der Waals surface area contributed by atoms with Gasteiger partial charge in [0.1, 0.15) is 0 Å². The molecule has 1 aromatic heterocycles. The third kappa shape index (κ3) is 3.56. The van der Waals surface area contributed by atoms with Crippen molar-refractivity contribution >= 4 is 40.2 Å². The SMILES string of the molecule is O=C(Nc1ccc(N2CCOCC2)cc1)c1ccc(Cl)s1. The summed E-state index contributed by atoms with van der Waals surface area (Å²) in [4.78, 5) is 14.9. The van der Waals surface area contributed by atoms with Gasteiger partial charge in [0.15, 0.2) is 0 Å². The van der Waals surface area contributed by atoms with Crippen LogP contribution >= 0.6 is 22.9 Å². The standard InChI is InChI=1S/C15H15ClN2O2S/c16-14-6-5-13(21-14)15(19)17-11-1-3-12(4-2-11)18-7-9-20-10-8-18/h1-6H,7-10H2,(H,17,19). The van der Waals surface area contributed by atoms with Crippen molar-refractivity contribution in [2.75, 3.05) is 36.5 Å². The Kier molecular flexibility index (Phi) is 4.43. The van der Waals surface area contributed by atoms with Gasteiger partial charge in [-0.3, -0.25) is 4.79 Å². The fraction of sp³-hybridized carbons (Fsp3) is 0.267. The van der Waals surface area contributed by atoms with Crippen LogP contribution in [0.1, 0.15) is 9.67 Å². The maximum absolute atomic E-state index is 12.0. The summed E-state index contributed by atoms with van der Waals surface area (Å²) >= 11 is 7.11. The molecule has 1 aromatic carbocycles. The van der Waals surface area contributed by atoms with Crippen LogP contribution in [0, 0.1) is 0 Å². The first kappa shape index (κ1) is 14.4. The molecule has 1 aliphatic rings. The van der Waals surface area contributed by atoms with E-state index in [0.717, 1.165) is 37.7 Å². The number of halogens is 1. The number of nitrogens with zero attached hydrogens (tertiary/aromatic N) is 1. The number of carbonyl (C=O) groups excluding carboxylic acids is 1. The van der Waals surface area contributed by atoms with Crippen LogP contribution in [-0.2, 0) is 4.74 Å². The number of amides is 1. The van der Waals surface area contributed by atoms with Crippen LogP contribution in [0.5, 0.6) is 0 Å². The Morgan fingerprint density at radius 2 is 1.86 bits per heavy atom. The van der Waals surface area contributed by atoms with E-state index in [1.165, 1.54) is 11.3 Å². The summed E-state index contributed by atoms with van der Waals surface area (Å²) < 4.78 is 5.95. The quantitative estimate of drug-likeness (QED) is 0.940. The highest BCUT2D eigenvalue weighted by atomic mass is 35.5. The van der Waals surface area contributed by atoms with Gasteiger partial charge in [-0.15, -0.1) is 11.3 Å². The highest BCUT2D eigenvalue weighted by molar-refractivity contribution is 7.18. The second-order valence-electron chi connectivity index (χ2n) is 4.70. The van der Waals surface area contributed by atoms with E-state index in [-0.39, 0.29) is 5.91 Å². The van der Waals surface area contributed by atoms with E-state index < -0.39 is 0 Å². The number of benzene rings is 1. The minimum absolute atomic E-state index is 0.133. The normalized spacial score (nSPS) is 15.0. The lowest BCUT2D eigenvalue weighted by Gasteiger charge is -2.28. The van der Waals surface area contributed by atoms with Gasteiger partial charge in [0.25, 0.3) is 5.91 Å². The van der Waals surface area contributed by atoms with E-state index in [9.17, 15) is 4.79 Å². The number of rotatable bonds is 3. The maximum Gasteiger partial charge on any atom is 0.265 e. The first-order chi connectivity index (χ1) is 10.2. The number of carbonyl (C=O) groups is 1. The van der Waals surface area contributed by atoms with Crippen LogP contribution in [0.25, 0.3) is 0 Å². The second-order valence-corrected chi connectivity index (χ2v) is 6.42. The Morgan fingerprint density at radius 3 is 2.48 bits per heavy atom. The zero-order chi connectivity index (χ0) is 14.7. The highest BCUT2D eigenvalue weighted by Gasteiger charge is 2.12. The predicted octanol–water partition coefficient (Wildman–Crippen LogP) is 3.49. The van der Waals surface area contributed by atoms with E-state index in [1.807, 2.05) is 24.3 Å². The Hall–Kier alpha value is -1.56. The molecule has 2 aromatic rings. The van der Waals surface area contributed by atoms with Gasteiger partial charge < -0.3 is 15.0 Å². The summed E-state index contributed by atoms with van der Waals surface area (Å²) in [5.74, 6) is -0.133. The Labute approximate surface area is 132 Å². The van der Waals surface area contributed by atoms with Crippen LogP contribution in [-0.4, -0.2) is 32.2 Å². The topological polar surface area (TPSA) is 41.6 Å². The fourth-order valence-electron chi connectivity index (χ4n) is 2.21. The first-order valence-corrected chi connectivity index (χ1v) is 7.91. The third-order valence-corrected chi connectivity index (χ3v) is 4.53. The van der Waals surface area contributed by atoms with Gasteiger partial charge in [-0.25, -0.2) is 0 Å². The van der Waals surface area contributed by atoms with E-state index >= 15 is 0 Å². The molecule has 1 amide bonds. The van der Waals surface area contributed by atoms with E-state index in [1.54, 1.807) is 12.1 Å². The second kappa shape index (κ2) is 6.47. The van der Waals surface area contributed by atoms with Crippen molar-refractivity contribution in [2.24, 2.45) is 0 Å². The molecule has 1 fully saturated rings. The summed E-state index contributed by atoms with van der Waals surface area (Å²) in [6.07, 6.45) is 0. The molecule has 3 rings (SSSR count). The molecule has 0 saturated carbocycles. The summed E-state index contributed by atoms with van der Waals surface area (Å²) in [6, 6.07) is 11.3. The molecular weight excluding hydrogens is 308 g/mol. The molecule has 2 heterocycles. The molecule has 1 N–H and O–H groups in total. The van der Waals surface area contributed by atoms with E-state index in [2.05, 4.69) is 10.2 Å². The predicted molar refractivity (Wildman–Crippen MR) is 86.8 cm³/mol. The average Bonchev–Trinajstić information content (AvgIpc) is 2.96. The Morgan fingerprint density at radius 1 is 1.14 bits per heavy atom. The van der Waals surface area contributed by atoms with Crippen molar-refractivity contribution in [3.63, 3.8) is 0 Å². The summed E-state index contributed by atoms with van der Waals surface area (Å²) in [5.41, 5.74) is 1.93. The molecule has 6 heteroatoms. The monoisotopic (exact) mass is 322 g/mol. The van der Waals surface area contributed by atoms with Crippen molar-refractivity contribution < 1.29 is 9.53 Å². The largest absolute Gasteiger partial charge is 0.378 e. The minimum atomic E-state index is -0.133. The molecule has 0 atom stereocenters. The molecule has 1 aliphatic heterocycles. The van der Waals surface area contributed by atoms with Crippen LogP contribution in [0.15, 0.2) is 36.4 Å². The zero-order valence-corrected chi connectivity index (χ0v) is 12.9. The van der Waals surface area contributed by atoms with Crippen LogP contribution < -0.4 is 10.2 Å². The molecule has 0 spiro atoms. The lowest BCUT2D eigenvalue weighted by molar-refractivity contribution is 0.103. The molecule has 21 heavy (non-hydrogen) atoms. The minimum Gasteiger partial charge on any atom is -0.378 e. The summed E-state index contributed by atoms with van der Waals surface area (Å²) in [6.45, 7) is 3.33. The Bertz CT molecular complexity index is 621. The third-order valence-electron chi connectivity index (χ3n) is 3.30. The number of thiophene rings is 1. The van der Waals surface area contributed by atoms with Crippen LogP contribution in [0.2, 0.25) is 4.34 Å². The summed E-state index contributed by atoms with van der Waals surface area (Å²) in [5, 5.41) is 2.87.